The first-order valence-electron chi connectivity index (χ1n) is 5.38. The second kappa shape index (κ2) is 7.67. The molecule has 5 nitrogen and oxygen atoms in total. The molecule has 0 aliphatic carbocycles. The molecule has 0 atom stereocenters. The van der Waals surface area contributed by atoms with Crippen molar-refractivity contribution in [2.75, 3.05) is 19.8 Å². The third-order valence-electron chi connectivity index (χ3n) is 2.17. The van der Waals surface area contributed by atoms with E-state index in [0.717, 1.165) is 5.56 Å². The van der Waals surface area contributed by atoms with Gasteiger partial charge in [0.25, 0.3) is 0 Å². The highest BCUT2D eigenvalue weighted by atomic mass is 35.5. The van der Waals surface area contributed by atoms with Crippen molar-refractivity contribution in [2.24, 2.45) is 5.73 Å². The van der Waals surface area contributed by atoms with Crippen LogP contribution >= 0.6 is 11.6 Å². The fraction of sp³-hybridized carbons (Fsp3) is 0.333. The highest BCUT2D eigenvalue weighted by molar-refractivity contribution is 6.31. The summed E-state index contributed by atoms with van der Waals surface area (Å²) >= 11 is 6.01. The van der Waals surface area contributed by atoms with Gasteiger partial charge in [0.2, 0.25) is 5.91 Å². The number of nitrogens with two attached hydrogens (primary N) is 1. The molecule has 0 fully saturated rings. The fourth-order valence-electron chi connectivity index (χ4n) is 1.30. The van der Waals surface area contributed by atoms with Gasteiger partial charge in [-0.25, -0.2) is 0 Å². The summed E-state index contributed by atoms with van der Waals surface area (Å²) in [5, 5.41) is 12.4. The summed E-state index contributed by atoms with van der Waals surface area (Å²) in [4.78, 5) is 10.4. The molecule has 0 aliphatic heterocycles. The molecule has 1 aromatic rings. The van der Waals surface area contributed by atoms with E-state index in [1.54, 1.807) is 18.2 Å². The van der Waals surface area contributed by atoms with Gasteiger partial charge < -0.3 is 15.8 Å². The Kier molecular flexibility index (Phi) is 6.15. The van der Waals surface area contributed by atoms with Gasteiger partial charge in [-0.1, -0.05) is 17.7 Å². The summed E-state index contributed by atoms with van der Waals surface area (Å²) in [6.45, 7) is 1.49. The molecule has 0 bridgehead atoms. The number of carbonyl (C=O) groups is 1. The van der Waals surface area contributed by atoms with Crippen molar-refractivity contribution in [2.45, 2.75) is 6.54 Å². The average Bonchev–Trinajstić information content (AvgIpc) is 2.34. The normalized spacial score (nSPS) is 10.0. The number of benzene rings is 1. The number of nitrogens with zero attached hydrogens (tertiary/aromatic N) is 1. The molecule has 0 spiro atoms. The lowest BCUT2D eigenvalue weighted by Crippen LogP contribution is -2.23. The minimum atomic E-state index is -0.481. The minimum absolute atomic E-state index is 0.0701. The van der Waals surface area contributed by atoms with Crippen LogP contribution in [0, 0.1) is 11.3 Å². The number of rotatable bonds is 7. The maximum absolute atomic E-state index is 10.4. The molecule has 0 radical (unpaired) electrons. The Labute approximate surface area is 110 Å². The van der Waals surface area contributed by atoms with Crippen molar-refractivity contribution in [3.63, 3.8) is 0 Å². The number of amides is 1. The van der Waals surface area contributed by atoms with Crippen molar-refractivity contribution in [1.82, 2.24) is 5.32 Å². The molecule has 0 unspecified atom stereocenters. The Morgan fingerprint density at radius 1 is 1.56 bits per heavy atom. The van der Waals surface area contributed by atoms with E-state index >= 15 is 0 Å². The molecule has 3 N–H and O–H groups in total. The van der Waals surface area contributed by atoms with Crippen LogP contribution in [0.2, 0.25) is 5.02 Å². The molecular weight excluding hydrogens is 254 g/mol. The van der Waals surface area contributed by atoms with Crippen LogP contribution < -0.4 is 11.1 Å². The molecule has 0 heterocycles. The molecule has 0 saturated heterocycles. The predicted octanol–water partition coefficient (Wildman–Crippen LogP) is 0.803. The second-order valence-electron chi connectivity index (χ2n) is 3.61. The second-order valence-corrected chi connectivity index (χ2v) is 4.02. The van der Waals surface area contributed by atoms with Crippen LogP contribution in [0.1, 0.15) is 11.1 Å². The quantitative estimate of drug-likeness (QED) is 0.716. The summed E-state index contributed by atoms with van der Waals surface area (Å²) in [6, 6.07) is 7.17. The zero-order valence-electron chi connectivity index (χ0n) is 9.78. The Morgan fingerprint density at radius 3 is 2.94 bits per heavy atom. The van der Waals surface area contributed by atoms with Gasteiger partial charge in [-0.2, -0.15) is 5.26 Å². The highest BCUT2D eigenvalue weighted by Gasteiger charge is 2.01. The molecule has 96 valence electrons. The average molecular weight is 268 g/mol. The Hall–Kier alpha value is -1.61. The van der Waals surface area contributed by atoms with Crippen LogP contribution in [-0.4, -0.2) is 25.7 Å². The van der Waals surface area contributed by atoms with E-state index < -0.39 is 5.91 Å². The number of carbonyl (C=O) groups excluding carboxylic acids is 1. The first-order valence-corrected chi connectivity index (χ1v) is 5.76. The zero-order valence-corrected chi connectivity index (χ0v) is 10.5. The molecule has 0 aliphatic rings. The molecule has 1 aromatic carbocycles. The van der Waals surface area contributed by atoms with Crippen LogP contribution in [0.4, 0.5) is 0 Å². The lowest BCUT2D eigenvalue weighted by Gasteiger charge is -2.07. The first kappa shape index (κ1) is 14.5. The van der Waals surface area contributed by atoms with Crippen LogP contribution in [0.5, 0.6) is 0 Å². The monoisotopic (exact) mass is 267 g/mol. The molecule has 6 heteroatoms. The topological polar surface area (TPSA) is 88.1 Å². The van der Waals surface area contributed by atoms with Gasteiger partial charge in [-0.15, -0.1) is 0 Å². The van der Waals surface area contributed by atoms with Crippen LogP contribution in [0.3, 0.4) is 0 Å². The van der Waals surface area contributed by atoms with E-state index in [4.69, 9.17) is 27.3 Å². The van der Waals surface area contributed by atoms with E-state index in [1.807, 2.05) is 6.07 Å². The van der Waals surface area contributed by atoms with E-state index in [0.29, 0.717) is 30.3 Å². The van der Waals surface area contributed by atoms with Crippen LogP contribution in [0.25, 0.3) is 0 Å². The molecule has 18 heavy (non-hydrogen) atoms. The molecule has 0 saturated carbocycles. The summed E-state index contributed by atoms with van der Waals surface area (Å²) in [5.74, 6) is -0.481. The third-order valence-corrected chi connectivity index (χ3v) is 2.52. The van der Waals surface area contributed by atoms with Crippen molar-refractivity contribution in [1.29, 1.82) is 5.26 Å². The van der Waals surface area contributed by atoms with Gasteiger partial charge in [-0.3, -0.25) is 4.79 Å². The number of hydrogen-bond donors (Lipinski definition) is 2. The lowest BCUT2D eigenvalue weighted by molar-refractivity contribution is -0.122. The maximum Gasteiger partial charge on any atom is 0.243 e. The summed E-state index contributed by atoms with van der Waals surface area (Å²) < 4.78 is 4.99. The number of nitriles is 1. The minimum Gasteiger partial charge on any atom is -0.370 e. The summed E-state index contributed by atoms with van der Waals surface area (Å²) in [5.41, 5.74) is 6.36. The standard InChI is InChI=1S/C12H14ClN3O2/c13-11-5-9(6-14)1-2-10(11)7-16-3-4-18-8-12(15)17/h1-2,5,16H,3-4,7-8H2,(H2,15,17). The molecule has 0 aromatic heterocycles. The third kappa shape index (κ3) is 5.15. The highest BCUT2D eigenvalue weighted by Crippen LogP contribution is 2.17. The van der Waals surface area contributed by atoms with Crippen LogP contribution in [-0.2, 0) is 16.1 Å². The van der Waals surface area contributed by atoms with E-state index in [1.165, 1.54) is 0 Å². The Morgan fingerprint density at radius 2 is 2.33 bits per heavy atom. The number of primary amides is 1. The number of nitrogens with one attached hydrogen (secondary N) is 1. The number of halogens is 1. The predicted molar refractivity (Wildman–Crippen MR) is 67.9 cm³/mol. The van der Waals surface area contributed by atoms with Crippen molar-refractivity contribution in [3.05, 3.63) is 34.3 Å². The van der Waals surface area contributed by atoms with Gasteiger partial charge in [-0.05, 0) is 17.7 Å². The lowest BCUT2D eigenvalue weighted by atomic mass is 10.1. The number of ether oxygens (including phenoxy) is 1. The Balaban J connectivity index is 2.27. The molecular formula is C12H14ClN3O2. The SMILES string of the molecule is N#Cc1ccc(CNCCOCC(N)=O)c(Cl)c1. The zero-order chi connectivity index (χ0) is 13.4. The van der Waals surface area contributed by atoms with Gasteiger partial charge in [0, 0.05) is 18.1 Å². The smallest absolute Gasteiger partial charge is 0.243 e. The largest absolute Gasteiger partial charge is 0.370 e. The van der Waals surface area contributed by atoms with E-state index in [9.17, 15) is 4.79 Å². The number of hydrogen-bond acceptors (Lipinski definition) is 4. The van der Waals surface area contributed by atoms with E-state index in [2.05, 4.69) is 5.32 Å². The van der Waals surface area contributed by atoms with Crippen molar-refractivity contribution >= 4 is 17.5 Å². The Bertz CT molecular complexity index is 457. The summed E-state index contributed by atoms with van der Waals surface area (Å²) in [7, 11) is 0. The summed E-state index contributed by atoms with van der Waals surface area (Å²) in [6.07, 6.45) is 0. The fourth-order valence-corrected chi connectivity index (χ4v) is 1.55. The van der Waals surface area contributed by atoms with Crippen molar-refractivity contribution < 1.29 is 9.53 Å². The van der Waals surface area contributed by atoms with Gasteiger partial charge in [0.05, 0.1) is 18.2 Å². The van der Waals surface area contributed by atoms with Crippen molar-refractivity contribution in [3.8, 4) is 6.07 Å². The van der Waals surface area contributed by atoms with Gasteiger partial charge in [0.1, 0.15) is 6.61 Å². The molecule has 1 amide bonds. The van der Waals surface area contributed by atoms with Crippen LogP contribution in [0.15, 0.2) is 18.2 Å². The maximum atomic E-state index is 10.4. The van der Waals surface area contributed by atoms with Gasteiger partial charge >= 0.3 is 0 Å². The van der Waals surface area contributed by atoms with E-state index in [-0.39, 0.29) is 6.61 Å². The first-order chi connectivity index (χ1) is 8.63. The molecule has 1 rings (SSSR count). The van der Waals surface area contributed by atoms with Gasteiger partial charge in [0.15, 0.2) is 0 Å².